The Labute approximate surface area is 171 Å². The highest BCUT2D eigenvalue weighted by Crippen LogP contribution is 2.35. The Bertz CT molecular complexity index is 1100. The lowest BCUT2D eigenvalue weighted by Crippen LogP contribution is -2.16. The minimum Gasteiger partial charge on any atom is -0.376 e. The van der Waals surface area contributed by atoms with Crippen molar-refractivity contribution in [2.24, 2.45) is 0 Å². The number of aryl methyl sites for hydroxylation is 1. The average Bonchev–Trinajstić information content (AvgIpc) is 3.45. The maximum Gasteiger partial charge on any atom is 0.197 e. The zero-order valence-corrected chi connectivity index (χ0v) is 17.0. The Morgan fingerprint density at radius 2 is 2.18 bits per heavy atom. The molecule has 4 aromatic rings. The summed E-state index contributed by atoms with van der Waals surface area (Å²) in [5, 5.41) is 13.9. The summed E-state index contributed by atoms with van der Waals surface area (Å²) in [7, 11) is 0. The lowest BCUT2D eigenvalue weighted by molar-refractivity contribution is 0.0953. The first-order valence-electron chi connectivity index (χ1n) is 9.26. The zero-order valence-electron chi connectivity index (χ0n) is 15.4. The largest absolute Gasteiger partial charge is 0.376 e. The highest BCUT2D eigenvalue weighted by Gasteiger charge is 2.23. The van der Waals surface area contributed by atoms with Gasteiger partial charge in [-0.3, -0.25) is 4.57 Å². The molecule has 4 heterocycles. The molecule has 0 saturated carbocycles. The van der Waals surface area contributed by atoms with E-state index < -0.39 is 0 Å². The van der Waals surface area contributed by atoms with Crippen molar-refractivity contribution >= 4 is 34.0 Å². The Kier molecular flexibility index (Phi) is 4.84. The maximum absolute atomic E-state index is 5.89. The summed E-state index contributed by atoms with van der Waals surface area (Å²) in [5.41, 5.74) is 2.10. The van der Waals surface area contributed by atoms with E-state index in [9.17, 15) is 0 Å². The number of nitrogens with zero attached hydrogens (tertiary/aromatic N) is 5. The molecule has 0 radical (unpaired) electrons. The second kappa shape index (κ2) is 7.62. The van der Waals surface area contributed by atoms with E-state index >= 15 is 0 Å². The van der Waals surface area contributed by atoms with Gasteiger partial charge in [-0.25, -0.2) is 9.97 Å². The van der Waals surface area contributed by atoms with Gasteiger partial charge in [0.05, 0.1) is 23.0 Å². The van der Waals surface area contributed by atoms with Crippen molar-refractivity contribution in [2.45, 2.75) is 42.6 Å². The Morgan fingerprint density at radius 3 is 3.00 bits per heavy atom. The van der Waals surface area contributed by atoms with E-state index in [0.29, 0.717) is 0 Å². The fraction of sp³-hybridized carbons (Fsp3) is 0.300. The number of fused-ring (bicyclic) bond motifs is 1. The van der Waals surface area contributed by atoms with E-state index in [2.05, 4.69) is 49.2 Å². The molecule has 1 atom stereocenters. The van der Waals surface area contributed by atoms with E-state index in [-0.39, 0.29) is 6.10 Å². The molecule has 8 heteroatoms. The molecule has 6 nitrogen and oxygen atoms in total. The van der Waals surface area contributed by atoms with Crippen LogP contribution in [-0.4, -0.2) is 37.4 Å². The third-order valence-electron chi connectivity index (χ3n) is 4.89. The summed E-state index contributed by atoms with van der Waals surface area (Å²) in [6.07, 6.45) is 4.00. The van der Waals surface area contributed by atoms with Crippen molar-refractivity contribution in [3.63, 3.8) is 0 Å². The van der Waals surface area contributed by atoms with Crippen LogP contribution in [0.3, 0.4) is 0 Å². The van der Waals surface area contributed by atoms with Gasteiger partial charge in [-0.15, -0.1) is 21.5 Å². The smallest absolute Gasteiger partial charge is 0.197 e. The Hall–Kier alpha value is -2.29. The second-order valence-corrected chi connectivity index (χ2v) is 8.68. The van der Waals surface area contributed by atoms with Crippen LogP contribution in [0.4, 0.5) is 0 Å². The first-order valence-corrected chi connectivity index (χ1v) is 11.0. The molecule has 142 valence electrons. The standard InChI is InChI=1S/C20H19N5OS2/c1-13-5-2-7-15-17(13)19(22-12-21-15)28-20-24-23-18(16-8-4-10-27-16)25(20)11-14-6-3-9-26-14/h2,4-5,7-8,10,12,14H,3,6,9,11H2,1H3. The first kappa shape index (κ1) is 17.8. The number of ether oxygens (including phenoxy) is 1. The summed E-state index contributed by atoms with van der Waals surface area (Å²) >= 11 is 3.22. The van der Waals surface area contributed by atoms with E-state index in [4.69, 9.17) is 4.74 Å². The maximum atomic E-state index is 5.89. The van der Waals surface area contributed by atoms with Crippen LogP contribution in [0.15, 0.2) is 52.2 Å². The summed E-state index contributed by atoms with van der Waals surface area (Å²) < 4.78 is 8.06. The van der Waals surface area contributed by atoms with Crippen LogP contribution >= 0.6 is 23.1 Å². The molecule has 1 unspecified atom stereocenters. The highest BCUT2D eigenvalue weighted by molar-refractivity contribution is 7.99. The molecule has 1 aromatic carbocycles. The van der Waals surface area contributed by atoms with Gasteiger partial charge in [0.1, 0.15) is 11.4 Å². The van der Waals surface area contributed by atoms with Gasteiger partial charge in [0, 0.05) is 12.0 Å². The molecule has 3 aromatic heterocycles. The molecular formula is C20H19N5OS2. The molecule has 0 spiro atoms. The van der Waals surface area contributed by atoms with Crippen LogP contribution in [0.2, 0.25) is 0 Å². The molecule has 0 bridgehead atoms. The molecule has 0 N–H and O–H groups in total. The van der Waals surface area contributed by atoms with Gasteiger partial charge in [-0.2, -0.15) is 0 Å². The van der Waals surface area contributed by atoms with Gasteiger partial charge >= 0.3 is 0 Å². The summed E-state index contributed by atoms with van der Waals surface area (Å²) in [4.78, 5) is 10.1. The fourth-order valence-corrected chi connectivity index (χ4v) is 5.23. The first-order chi connectivity index (χ1) is 13.8. The number of aromatic nitrogens is 5. The van der Waals surface area contributed by atoms with Crippen molar-refractivity contribution in [2.75, 3.05) is 6.61 Å². The van der Waals surface area contributed by atoms with E-state index in [0.717, 1.165) is 63.3 Å². The number of rotatable bonds is 5. The fourth-order valence-electron chi connectivity index (χ4n) is 3.52. The summed E-state index contributed by atoms with van der Waals surface area (Å²) in [6, 6.07) is 10.2. The molecule has 1 aliphatic rings. The predicted molar refractivity (Wildman–Crippen MR) is 111 cm³/mol. The molecule has 1 fully saturated rings. The minimum atomic E-state index is 0.206. The van der Waals surface area contributed by atoms with Crippen molar-refractivity contribution in [3.8, 4) is 10.7 Å². The predicted octanol–water partition coefficient (Wildman–Crippen LogP) is 4.59. The lowest BCUT2D eigenvalue weighted by Gasteiger charge is -2.14. The minimum absolute atomic E-state index is 0.206. The third-order valence-corrected chi connectivity index (χ3v) is 6.75. The van der Waals surface area contributed by atoms with Crippen molar-refractivity contribution in [1.29, 1.82) is 0 Å². The molecule has 28 heavy (non-hydrogen) atoms. The van der Waals surface area contributed by atoms with Gasteiger partial charge in [-0.1, -0.05) is 18.2 Å². The molecule has 0 amide bonds. The molecule has 1 aliphatic heterocycles. The van der Waals surface area contributed by atoms with E-state index in [1.165, 1.54) is 0 Å². The van der Waals surface area contributed by atoms with Crippen molar-refractivity contribution in [1.82, 2.24) is 24.7 Å². The number of hydrogen-bond donors (Lipinski definition) is 0. The number of thiophene rings is 1. The Balaban J connectivity index is 1.57. The van der Waals surface area contributed by atoms with E-state index in [1.807, 2.05) is 18.2 Å². The number of benzene rings is 1. The molecule has 5 rings (SSSR count). The van der Waals surface area contributed by atoms with Gasteiger partial charge < -0.3 is 4.74 Å². The van der Waals surface area contributed by atoms with Crippen LogP contribution in [0.1, 0.15) is 18.4 Å². The molecule has 1 saturated heterocycles. The van der Waals surface area contributed by atoms with Crippen LogP contribution in [0.25, 0.3) is 21.6 Å². The van der Waals surface area contributed by atoms with Crippen LogP contribution < -0.4 is 0 Å². The topological polar surface area (TPSA) is 65.7 Å². The SMILES string of the molecule is Cc1cccc2ncnc(Sc3nnc(-c4cccs4)n3CC3CCCO3)c12. The van der Waals surface area contributed by atoms with E-state index in [1.54, 1.807) is 29.4 Å². The van der Waals surface area contributed by atoms with Crippen LogP contribution in [0, 0.1) is 6.92 Å². The molecule has 0 aliphatic carbocycles. The zero-order chi connectivity index (χ0) is 18.9. The van der Waals surface area contributed by atoms with Crippen LogP contribution in [0.5, 0.6) is 0 Å². The van der Waals surface area contributed by atoms with Gasteiger partial charge in [0.25, 0.3) is 0 Å². The van der Waals surface area contributed by atoms with Gasteiger partial charge in [0.2, 0.25) is 0 Å². The molecular weight excluding hydrogens is 390 g/mol. The highest BCUT2D eigenvalue weighted by atomic mass is 32.2. The summed E-state index contributed by atoms with van der Waals surface area (Å²) in [6.45, 7) is 3.67. The summed E-state index contributed by atoms with van der Waals surface area (Å²) in [5.74, 6) is 0.892. The van der Waals surface area contributed by atoms with Crippen molar-refractivity contribution in [3.05, 3.63) is 47.6 Å². The third kappa shape index (κ3) is 3.32. The van der Waals surface area contributed by atoms with Crippen LogP contribution in [-0.2, 0) is 11.3 Å². The van der Waals surface area contributed by atoms with Gasteiger partial charge in [0.15, 0.2) is 11.0 Å². The second-order valence-electron chi connectivity index (χ2n) is 6.78. The number of hydrogen-bond acceptors (Lipinski definition) is 7. The lowest BCUT2D eigenvalue weighted by atomic mass is 10.1. The monoisotopic (exact) mass is 409 g/mol. The Morgan fingerprint density at radius 1 is 1.21 bits per heavy atom. The van der Waals surface area contributed by atoms with Crippen molar-refractivity contribution < 1.29 is 4.74 Å². The average molecular weight is 410 g/mol. The van der Waals surface area contributed by atoms with Gasteiger partial charge in [-0.05, 0) is 54.6 Å². The quantitative estimate of drug-likeness (QED) is 0.449. The normalized spacial score (nSPS) is 16.8.